The van der Waals surface area contributed by atoms with Crippen LogP contribution in [0.15, 0.2) is 42.5 Å². The molecule has 3 heteroatoms. The van der Waals surface area contributed by atoms with Crippen LogP contribution in [0.2, 0.25) is 0 Å². The van der Waals surface area contributed by atoms with E-state index in [1.807, 2.05) is 31.3 Å². The maximum absolute atomic E-state index is 9.05. The lowest BCUT2D eigenvalue weighted by Crippen LogP contribution is -2.30. The summed E-state index contributed by atoms with van der Waals surface area (Å²) in [6.07, 6.45) is 0.791. The zero-order valence-electron chi connectivity index (χ0n) is 10.6. The molecule has 0 saturated heterocycles. The molecule has 2 rings (SSSR count). The summed E-state index contributed by atoms with van der Waals surface area (Å²) < 4.78 is 5.70. The second-order valence-corrected chi connectivity index (χ2v) is 4.31. The molecule has 2 aromatic carbocycles. The van der Waals surface area contributed by atoms with Gasteiger partial charge in [0.25, 0.3) is 0 Å². The third-order valence-corrected chi connectivity index (χ3v) is 3.08. The fraction of sp³-hybridized carbons (Fsp3) is 0.333. The minimum Gasteiger partial charge on any atom is -0.494 e. The van der Waals surface area contributed by atoms with Crippen molar-refractivity contribution < 1.29 is 9.84 Å². The van der Waals surface area contributed by atoms with Gasteiger partial charge in [-0.15, -0.1) is 0 Å². The van der Waals surface area contributed by atoms with Gasteiger partial charge in [-0.1, -0.05) is 30.3 Å². The molecule has 2 aromatic rings. The first kappa shape index (κ1) is 12.9. The lowest BCUT2D eigenvalue weighted by Gasteiger charge is -2.13. The average Bonchev–Trinajstić information content (AvgIpc) is 2.43. The summed E-state index contributed by atoms with van der Waals surface area (Å²) in [7, 11) is 1.84. The van der Waals surface area contributed by atoms with Gasteiger partial charge in [0.2, 0.25) is 0 Å². The Morgan fingerprint density at radius 3 is 2.67 bits per heavy atom. The Morgan fingerprint density at radius 1 is 1.17 bits per heavy atom. The molecule has 0 bridgehead atoms. The number of aliphatic hydroxyl groups is 1. The highest BCUT2D eigenvalue weighted by Gasteiger charge is 2.04. The van der Waals surface area contributed by atoms with E-state index < -0.39 is 0 Å². The van der Waals surface area contributed by atoms with Crippen LogP contribution >= 0.6 is 0 Å². The largest absolute Gasteiger partial charge is 0.494 e. The summed E-state index contributed by atoms with van der Waals surface area (Å²) in [6, 6.07) is 14.4. The molecule has 3 nitrogen and oxygen atoms in total. The van der Waals surface area contributed by atoms with Gasteiger partial charge in [0, 0.05) is 6.04 Å². The van der Waals surface area contributed by atoms with Crippen LogP contribution in [0.4, 0.5) is 0 Å². The predicted molar refractivity (Wildman–Crippen MR) is 74.0 cm³/mol. The smallest absolute Gasteiger partial charge is 0.119 e. The SMILES string of the molecule is CNC(CO)CCOc1ccc2ccccc2c1. The summed E-state index contributed by atoms with van der Waals surface area (Å²) in [5.41, 5.74) is 0. The quantitative estimate of drug-likeness (QED) is 0.819. The van der Waals surface area contributed by atoms with Gasteiger partial charge < -0.3 is 15.2 Å². The molecule has 1 atom stereocenters. The molecule has 18 heavy (non-hydrogen) atoms. The van der Waals surface area contributed by atoms with Crippen molar-refractivity contribution in [3.8, 4) is 5.75 Å². The van der Waals surface area contributed by atoms with Crippen molar-refractivity contribution in [2.75, 3.05) is 20.3 Å². The van der Waals surface area contributed by atoms with E-state index in [-0.39, 0.29) is 12.6 Å². The molecule has 0 aliphatic rings. The van der Waals surface area contributed by atoms with Gasteiger partial charge in [0.1, 0.15) is 5.75 Å². The van der Waals surface area contributed by atoms with Gasteiger partial charge in [-0.2, -0.15) is 0 Å². The highest BCUT2D eigenvalue weighted by molar-refractivity contribution is 5.83. The number of hydrogen-bond donors (Lipinski definition) is 2. The Balaban J connectivity index is 1.95. The molecule has 0 amide bonds. The fourth-order valence-corrected chi connectivity index (χ4v) is 1.90. The summed E-state index contributed by atoms with van der Waals surface area (Å²) in [5.74, 6) is 0.876. The molecule has 1 unspecified atom stereocenters. The number of hydrogen-bond acceptors (Lipinski definition) is 3. The van der Waals surface area contributed by atoms with E-state index in [2.05, 4.69) is 23.5 Å². The number of likely N-dealkylation sites (N-methyl/N-ethyl adjacent to an activating group) is 1. The molecule has 96 valence electrons. The maximum Gasteiger partial charge on any atom is 0.119 e. The normalized spacial score (nSPS) is 12.6. The van der Waals surface area contributed by atoms with Crippen LogP contribution in [-0.4, -0.2) is 31.4 Å². The standard InChI is InChI=1S/C15H19NO2/c1-16-14(11-17)8-9-18-15-7-6-12-4-2-3-5-13(12)10-15/h2-7,10,14,16-17H,8-9,11H2,1H3. The number of ether oxygens (including phenoxy) is 1. The Hall–Kier alpha value is -1.58. The molecule has 0 aromatic heterocycles. The van der Waals surface area contributed by atoms with E-state index in [9.17, 15) is 0 Å². The van der Waals surface area contributed by atoms with Crippen LogP contribution < -0.4 is 10.1 Å². The molecule has 0 radical (unpaired) electrons. The van der Waals surface area contributed by atoms with E-state index in [0.29, 0.717) is 6.61 Å². The average molecular weight is 245 g/mol. The van der Waals surface area contributed by atoms with Crippen molar-refractivity contribution in [1.82, 2.24) is 5.32 Å². The van der Waals surface area contributed by atoms with Crippen LogP contribution in [0.5, 0.6) is 5.75 Å². The van der Waals surface area contributed by atoms with Crippen LogP contribution in [0.25, 0.3) is 10.8 Å². The first-order valence-corrected chi connectivity index (χ1v) is 6.23. The molecule has 0 heterocycles. The molecule has 0 saturated carbocycles. The van der Waals surface area contributed by atoms with Crippen molar-refractivity contribution in [3.63, 3.8) is 0 Å². The van der Waals surface area contributed by atoms with E-state index in [0.717, 1.165) is 12.2 Å². The summed E-state index contributed by atoms with van der Waals surface area (Å²) in [6.45, 7) is 0.738. The van der Waals surface area contributed by atoms with Gasteiger partial charge >= 0.3 is 0 Å². The molecule has 0 aliphatic carbocycles. The van der Waals surface area contributed by atoms with E-state index in [4.69, 9.17) is 9.84 Å². The molecule has 0 spiro atoms. The minimum absolute atomic E-state index is 0.102. The summed E-state index contributed by atoms with van der Waals surface area (Å²) in [5, 5.41) is 14.5. The van der Waals surface area contributed by atoms with Crippen molar-refractivity contribution in [2.45, 2.75) is 12.5 Å². The molecule has 0 fully saturated rings. The van der Waals surface area contributed by atoms with Crippen molar-refractivity contribution in [2.24, 2.45) is 0 Å². The zero-order valence-corrected chi connectivity index (χ0v) is 10.6. The van der Waals surface area contributed by atoms with Crippen LogP contribution in [0.3, 0.4) is 0 Å². The minimum atomic E-state index is 0.102. The number of aliphatic hydroxyl groups excluding tert-OH is 1. The lowest BCUT2D eigenvalue weighted by atomic mass is 10.1. The van der Waals surface area contributed by atoms with Crippen molar-refractivity contribution in [3.05, 3.63) is 42.5 Å². The van der Waals surface area contributed by atoms with Crippen LogP contribution in [-0.2, 0) is 0 Å². The lowest BCUT2D eigenvalue weighted by molar-refractivity contribution is 0.214. The summed E-state index contributed by atoms with van der Waals surface area (Å²) in [4.78, 5) is 0. The van der Waals surface area contributed by atoms with Gasteiger partial charge in [-0.05, 0) is 36.4 Å². The van der Waals surface area contributed by atoms with Crippen molar-refractivity contribution >= 4 is 10.8 Å². The van der Waals surface area contributed by atoms with E-state index in [1.165, 1.54) is 10.8 Å². The molecule has 2 N–H and O–H groups in total. The Labute approximate surface area is 107 Å². The highest BCUT2D eigenvalue weighted by atomic mass is 16.5. The van der Waals surface area contributed by atoms with Gasteiger partial charge in [-0.25, -0.2) is 0 Å². The highest BCUT2D eigenvalue weighted by Crippen LogP contribution is 2.20. The number of rotatable bonds is 6. The Morgan fingerprint density at radius 2 is 1.94 bits per heavy atom. The topological polar surface area (TPSA) is 41.5 Å². The van der Waals surface area contributed by atoms with Crippen molar-refractivity contribution in [1.29, 1.82) is 0 Å². The zero-order chi connectivity index (χ0) is 12.8. The van der Waals surface area contributed by atoms with E-state index >= 15 is 0 Å². The third kappa shape index (κ3) is 3.22. The Kier molecular flexibility index (Phi) is 4.56. The fourth-order valence-electron chi connectivity index (χ4n) is 1.90. The Bertz CT molecular complexity index is 495. The number of fused-ring (bicyclic) bond motifs is 1. The second kappa shape index (κ2) is 6.38. The second-order valence-electron chi connectivity index (χ2n) is 4.31. The monoisotopic (exact) mass is 245 g/mol. The third-order valence-electron chi connectivity index (χ3n) is 3.08. The summed E-state index contributed by atoms with van der Waals surface area (Å²) >= 11 is 0. The number of benzene rings is 2. The molecular formula is C15H19NO2. The number of nitrogens with one attached hydrogen (secondary N) is 1. The van der Waals surface area contributed by atoms with E-state index in [1.54, 1.807) is 0 Å². The van der Waals surface area contributed by atoms with Gasteiger partial charge in [0.05, 0.1) is 13.2 Å². The molecular weight excluding hydrogens is 226 g/mol. The van der Waals surface area contributed by atoms with Crippen LogP contribution in [0, 0.1) is 0 Å². The first-order chi connectivity index (χ1) is 8.83. The van der Waals surface area contributed by atoms with Crippen LogP contribution in [0.1, 0.15) is 6.42 Å². The first-order valence-electron chi connectivity index (χ1n) is 6.23. The maximum atomic E-state index is 9.05. The van der Waals surface area contributed by atoms with Gasteiger partial charge in [-0.3, -0.25) is 0 Å². The molecule has 0 aliphatic heterocycles. The van der Waals surface area contributed by atoms with Gasteiger partial charge in [0.15, 0.2) is 0 Å². The predicted octanol–water partition coefficient (Wildman–Crippen LogP) is 2.19.